The maximum atomic E-state index is 5.98. The molecule has 2 aromatic rings. The summed E-state index contributed by atoms with van der Waals surface area (Å²) in [6, 6.07) is 7.83. The average Bonchev–Trinajstić information content (AvgIpc) is 2.69. The molecule has 0 aliphatic rings. The molecule has 0 bridgehead atoms. The van der Waals surface area contributed by atoms with Crippen LogP contribution in [0.4, 0.5) is 0 Å². The second-order valence-electron chi connectivity index (χ2n) is 3.77. The first-order valence-electron chi connectivity index (χ1n) is 5.52. The Balaban J connectivity index is 2.06. The van der Waals surface area contributed by atoms with Crippen LogP contribution in [0.2, 0.25) is 10.3 Å². The number of benzene rings is 1. The highest BCUT2D eigenvalue weighted by Crippen LogP contribution is 2.13. The van der Waals surface area contributed by atoms with Crippen molar-refractivity contribution < 1.29 is 0 Å². The molecule has 3 nitrogen and oxygen atoms in total. The van der Waals surface area contributed by atoms with Gasteiger partial charge < -0.3 is 4.57 Å². The molecule has 0 amide bonds. The molecule has 0 saturated carbocycles. The molecule has 0 atom stereocenters. The number of halogens is 2. The van der Waals surface area contributed by atoms with Gasteiger partial charge >= 0.3 is 0 Å². The van der Waals surface area contributed by atoms with Crippen molar-refractivity contribution in [3.63, 3.8) is 0 Å². The molecule has 0 fully saturated rings. The van der Waals surface area contributed by atoms with Crippen LogP contribution in [0, 0.1) is 0 Å². The molecule has 2 rings (SSSR count). The van der Waals surface area contributed by atoms with Crippen LogP contribution >= 0.6 is 23.2 Å². The molecule has 0 unspecified atom stereocenters. The molecule has 1 aromatic heterocycles. The molecule has 0 N–H and O–H groups in total. The Morgan fingerprint density at radius 1 is 1.12 bits per heavy atom. The predicted molar refractivity (Wildman–Crippen MR) is 69.6 cm³/mol. The van der Waals surface area contributed by atoms with Crippen LogP contribution in [0.1, 0.15) is 18.3 Å². The van der Waals surface area contributed by atoms with Crippen LogP contribution in [-0.2, 0) is 19.4 Å². The van der Waals surface area contributed by atoms with E-state index in [4.69, 9.17) is 23.2 Å². The van der Waals surface area contributed by atoms with Gasteiger partial charge in [-0.05, 0) is 35.7 Å². The fourth-order valence-electron chi connectivity index (χ4n) is 1.69. The predicted octanol–water partition coefficient (Wildman–Crippen LogP) is 3.39. The second-order valence-corrected chi connectivity index (χ2v) is 4.54. The summed E-state index contributed by atoms with van der Waals surface area (Å²) in [6.45, 7) is 2.83. The molecule has 1 heterocycles. The second kappa shape index (κ2) is 5.52. The van der Waals surface area contributed by atoms with Crippen molar-refractivity contribution in [1.82, 2.24) is 14.8 Å². The molecule has 90 valence electrons. The normalized spacial score (nSPS) is 10.8. The van der Waals surface area contributed by atoms with Crippen molar-refractivity contribution in [3.05, 3.63) is 46.0 Å². The van der Waals surface area contributed by atoms with Crippen molar-refractivity contribution in [2.75, 3.05) is 0 Å². The molecule has 0 aliphatic carbocycles. The van der Waals surface area contributed by atoms with Crippen LogP contribution in [0.5, 0.6) is 0 Å². The first kappa shape index (κ1) is 12.4. The van der Waals surface area contributed by atoms with E-state index in [-0.39, 0.29) is 0 Å². The van der Waals surface area contributed by atoms with Crippen LogP contribution in [0.3, 0.4) is 0 Å². The molecule has 1 aromatic carbocycles. The Hall–Kier alpha value is -1.06. The maximum Gasteiger partial charge on any atom is 0.225 e. The van der Waals surface area contributed by atoms with E-state index in [0.29, 0.717) is 5.28 Å². The van der Waals surface area contributed by atoms with Gasteiger partial charge in [0.2, 0.25) is 5.28 Å². The van der Waals surface area contributed by atoms with Gasteiger partial charge in [-0.3, -0.25) is 0 Å². The quantitative estimate of drug-likeness (QED) is 0.852. The highest BCUT2D eigenvalue weighted by Gasteiger charge is 2.07. The van der Waals surface area contributed by atoms with Gasteiger partial charge in [0.05, 0.1) is 0 Å². The van der Waals surface area contributed by atoms with Gasteiger partial charge in [-0.25, -0.2) is 0 Å². The van der Waals surface area contributed by atoms with Crippen molar-refractivity contribution >= 4 is 23.2 Å². The smallest absolute Gasteiger partial charge is 0.225 e. The number of aryl methyl sites for hydroxylation is 2. The zero-order valence-corrected chi connectivity index (χ0v) is 11.0. The summed E-state index contributed by atoms with van der Waals surface area (Å²) < 4.78 is 1.94. The van der Waals surface area contributed by atoms with E-state index in [0.717, 1.165) is 30.2 Å². The monoisotopic (exact) mass is 269 g/mol. The number of hydrogen-bond acceptors (Lipinski definition) is 2. The lowest BCUT2D eigenvalue weighted by Crippen LogP contribution is -2.05. The van der Waals surface area contributed by atoms with E-state index >= 15 is 0 Å². The lowest BCUT2D eigenvalue weighted by atomic mass is 10.1. The first-order chi connectivity index (χ1) is 8.20. The number of nitrogens with zero attached hydrogens (tertiary/aromatic N) is 3. The first-order valence-corrected chi connectivity index (χ1v) is 6.28. The Kier molecular flexibility index (Phi) is 4.02. The van der Waals surface area contributed by atoms with Crippen LogP contribution in [0.15, 0.2) is 24.3 Å². The molecule has 17 heavy (non-hydrogen) atoms. The minimum atomic E-state index is 0.454. The minimum Gasteiger partial charge on any atom is -0.301 e. The van der Waals surface area contributed by atoms with Gasteiger partial charge in [-0.2, -0.15) is 0 Å². The number of aromatic nitrogens is 3. The fraction of sp³-hybridized carbons (Fsp3) is 0.333. The maximum absolute atomic E-state index is 5.98. The molecular formula is C12H13Cl2N3. The van der Waals surface area contributed by atoms with Gasteiger partial charge in [0, 0.05) is 18.0 Å². The largest absolute Gasteiger partial charge is 0.301 e. The van der Waals surface area contributed by atoms with Gasteiger partial charge in [0.15, 0.2) is 0 Å². The molecule has 0 spiro atoms. The summed E-state index contributed by atoms with van der Waals surface area (Å²) in [7, 11) is 0. The lowest BCUT2D eigenvalue weighted by molar-refractivity contribution is 0.656. The Morgan fingerprint density at radius 3 is 2.47 bits per heavy atom. The standard InChI is InChI=1S/C12H13Cl2N3/c1-2-11-15-16-12(14)17(11)8-7-9-3-5-10(13)6-4-9/h3-6H,2,7-8H2,1H3. The molecule has 0 saturated heterocycles. The van der Waals surface area contributed by atoms with E-state index < -0.39 is 0 Å². The van der Waals surface area contributed by atoms with Gasteiger partial charge in [0.25, 0.3) is 0 Å². The van der Waals surface area contributed by atoms with Crippen molar-refractivity contribution in [3.8, 4) is 0 Å². The average molecular weight is 270 g/mol. The van der Waals surface area contributed by atoms with Gasteiger partial charge in [-0.15, -0.1) is 10.2 Å². The van der Waals surface area contributed by atoms with E-state index in [1.54, 1.807) is 0 Å². The SMILES string of the molecule is CCc1nnc(Cl)n1CCc1ccc(Cl)cc1. The summed E-state index contributed by atoms with van der Waals surface area (Å²) in [5.41, 5.74) is 1.22. The summed E-state index contributed by atoms with van der Waals surface area (Å²) in [5.74, 6) is 0.920. The van der Waals surface area contributed by atoms with E-state index in [9.17, 15) is 0 Å². The van der Waals surface area contributed by atoms with E-state index in [2.05, 4.69) is 10.2 Å². The van der Waals surface area contributed by atoms with Crippen molar-refractivity contribution in [1.29, 1.82) is 0 Å². The van der Waals surface area contributed by atoms with E-state index in [1.807, 2.05) is 35.8 Å². The van der Waals surface area contributed by atoms with Gasteiger partial charge in [0.1, 0.15) is 5.82 Å². The Labute approximate surface area is 110 Å². The third kappa shape index (κ3) is 2.99. The zero-order valence-electron chi connectivity index (χ0n) is 9.53. The third-order valence-corrected chi connectivity index (χ3v) is 3.17. The molecule has 0 aliphatic heterocycles. The number of hydrogen-bond donors (Lipinski definition) is 0. The topological polar surface area (TPSA) is 30.7 Å². The Morgan fingerprint density at radius 2 is 1.82 bits per heavy atom. The van der Waals surface area contributed by atoms with E-state index in [1.165, 1.54) is 5.56 Å². The van der Waals surface area contributed by atoms with Crippen LogP contribution in [-0.4, -0.2) is 14.8 Å². The number of rotatable bonds is 4. The minimum absolute atomic E-state index is 0.454. The third-order valence-electron chi connectivity index (χ3n) is 2.64. The van der Waals surface area contributed by atoms with Crippen LogP contribution < -0.4 is 0 Å². The molecular weight excluding hydrogens is 257 g/mol. The van der Waals surface area contributed by atoms with Crippen LogP contribution in [0.25, 0.3) is 0 Å². The van der Waals surface area contributed by atoms with Crippen molar-refractivity contribution in [2.24, 2.45) is 0 Å². The lowest BCUT2D eigenvalue weighted by Gasteiger charge is -2.06. The molecule has 0 radical (unpaired) electrons. The summed E-state index contributed by atoms with van der Waals surface area (Å²) in [5, 5.41) is 9.10. The zero-order chi connectivity index (χ0) is 12.3. The van der Waals surface area contributed by atoms with Gasteiger partial charge in [-0.1, -0.05) is 30.7 Å². The molecule has 5 heteroatoms. The van der Waals surface area contributed by atoms with Crippen molar-refractivity contribution in [2.45, 2.75) is 26.3 Å². The summed E-state index contributed by atoms with van der Waals surface area (Å²) in [4.78, 5) is 0. The highest BCUT2D eigenvalue weighted by molar-refractivity contribution is 6.30. The highest BCUT2D eigenvalue weighted by atomic mass is 35.5. The summed E-state index contributed by atoms with van der Waals surface area (Å²) in [6.07, 6.45) is 1.72. The Bertz CT molecular complexity index is 491. The summed E-state index contributed by atoms with van der Waals surface area (Å²) >= 11 is 11.8. The fourth-order valence-corrected chi connectivity index (χ4v) is 2.03.